The standard InChI is InChI=1S/C9H11NO/c1-7(2)6-8-4-3-5-10-9(8)11/h3-6H,1-2H3,(H,10,11). The van der Waals surface area contributed by atoms with Crippen LogP contribution in [0.4, 0.5) is 0 Å². The first-order chi connectivity index (χ1) is 5.20. The lowest BCUT2D eigenvalue weighted by Gasteiger charge is -1.91. The van der Waals surface area contributed by atoms with Gasteiger partial charge in [0.2, 0.25) is 0 Å². The molecule has 0 fully saturated rings. The number of aromatic nitrogens is 1. The SMILES string of the molecule is CC(C)=Cc1ccc[nH]c1=O. The van der Waals surface area contributed by atoms with Gasteiger partial charge in [-0.2, -0.15) is 0 Å². The fourth-order valence-corrected chi connectivity index (χ4v) is 0.859. The third kappa shape index (κ3) is 2.08. The molecule has 0 aliphatic carbocycles. The summed E-state index contributed by atoms with van der Waals surface area (Å²) in [5.74, 6) is 0. The Morgan fingerprint density at radius 1 is 1.55 bits per heavy atom. The van der Waals surface area contributed by atoms with Crippen molar-refractivity contribution in [2.45, 2.75) is 13.8 Å². The van der Waals surface area contributed by atoms with Crippen LogP contribution in [0.2, 0.25) is 0 Å². The Morgan fingerprint density at radius 2 is 2.27 bits per heavy atom. The number of hydrogen-bond donors (Lipinski definition) is 1. The van der Waals surface area contributed by atoms with E-state index in [2.05, 4.69) is 4.98 Å². The molecule has 58 valence electrons. The highest BCUT2D eigenvalue weighted by atomic mass is 16.1. The van der Waals surface area contributed by atoms with Crippen LogP contribution in [0, 0.1) is 0 Å². The first kappa shape index (κ1) is 7.79. The van der Waals surface area contributed by atoms with Crippen molar-refractivity contribution in [3.05, 3.63) is 39.8 Å². The molecule has 11 heavy (non-hydrogen) atoms. The predicted molar refractivity (Wildman–Crippen MR) is 46.4 cm³/mol. The predicted octanol–water partition coefficient (Wildman–Crippen LogP) is 1.80. The summed E-state index contributed by atoms with van der Waals surface area (Å²) >= 11 is 0. The van der Waals surface area contributed by atoms with Crippen molar-refractivity contribution in [2.75, 3.05) is 0 Å². The molecule has 1 aromatic heterocycles. The molecule has 0 aromatic carbocycles. The molecule has 1 aromatic rings. The van der Waals surface area contributed by atoms with Gasteiger partial charge in [-0.05, 0) is 26.0 Å². The Morgan fingerprint density at radius 3 is 2.82 bits per heavy atom. The monoisotopic (exact) mass is 149 g/mol. The van der Waals surface area contributed by atoms with Crippen LogP contribution < -0.4 is 5.56 Å². The van der Waals surface area contributed by atoms with E-state index >= 15 is 0 Å². The highest BCUT2D eigenvalue weighted by molar-refractivity contribution is 5.50. The van der Waals surface area contributed by atoms with Gasteiger partial charge < -0.3 is 4.98 Å². The Kier molecular flexibility index (Phi) is 2.26. The maximum absolute atomic E-state index is 11.1. The van der Waals surface area contributed by atoms with Gasteiger partial charge in [-0.1, -0.05) is 11.6 Å². The van der Waals surface area contributed by atoms with Crippen LogP contribution in [0.15, 0.2) is 28.7 Å². The normalized spacial score (nSPS) is 9.27. The Bertz CT molecular complexity index is 318. The zero-order valence-corrected chi connectivity index (χ0v) is 6.72. The van der Waals surface area contributed by atoms with E-state index in [1.165, 1.54) is 0 Å². The lowest BCUT2D eigenvalue weighted by atomic mass is 10.2. The van der Waals surface area contributed by atoms with Crippen LogP contribution in [-0.2, 0) is 0 Å². The van der Waals surface area contributed by atoms with E-state index in [0.29, 0.717) is 5.56 Å². The van der Waals surface area contributed by atoms with E-state index in [4.69, 9.17) is 0 Å². The van der Waals surface area contributed by atoms with Crippen LogP contribution in [0.5, 0.6) is 0 Å². The Hall–Kier alpha value is -1.31. The summed E-state index contributed by atoms with van der Waals surface area (Å²) < 4.78 is 0. The molecule has 1 heterocycles. The van der Waals surface area contributed by atoms with Crippen molar-refractivity contribution in [2.24, 2.45) is 0 Å². The van der Waals surface area contributed by atoms with Gasteiger partial charge in [-0.25, -0.2) is 0 Å². The molecule has 0 aliphatic heterocycles. The summed E-state index contributed by atoms with van der Waals surface area (Å²) in [6.45, 7) is 3.93. The van der Waals surface area contributed by atoms with E-state index in [0.717, 1.165) is 5.57 Å². The molecule has 0 bridgehead atoms. The van der Waals surface area contributed by atoms with Gasteiger partial charge in [-0.3, -0.25) is 4.79 Å². The van der Waals surface area contributed by atoms with Crippen molar-refractivity contribution >= 4 is 6.08 Å². The molecular formula is C9H11NO. The van der Waals surface area contributed by atoms with E-state index in [-0.39, 0.29) is 5.56 Å². The largest absolute Gasteiger partial charge is 0.329 e. The molecule has 2 heteroatoms. The highest BCUT2D eigenvalue weighted by Crippen LogP contribution is 1.98. The third-order valence-electron chi connectivity index (χ3n) is 1.29. The second-order valence-electron chi connectivity index (χ2n) is 2.68. The first-order valence-electron chi connectivity index (χ1n) is 3.53. The Balaban J connectivity index is 3.15. The third-order valence-corrected chi connectivity index (χ3v) is 1.29. The maximum atomic E-state index is 11.1. The smallest absolute Gasteiger partial charge is 0.255 e. The van der Waals surface area contributed by atoms with Gasteiger partial charge in [0.25, 0.3) is 5.56 Å². The lowest BCUT2D eigenvalue weighted by Crippen LogP contribution is -2.06. The number of rotatable bonds is 1. The summed E-state index contributed by atoms with van der Waals surface area (Å²) in [5, 5.41) is 0. The summed E-state index contributed by atoms with van der Waals surface area (Å²) in [4.78, 5) is 13.7. The number of allylic oxidation sites excluding steroid dienone is 1. The topological polar surface area (TPSA) is 32.9 Å². The molecule has 0 atom stereocenters. The molecule has 0 saturated heterocycles. The molecule has 0 unspecified atom stereocenters. The maximum Gasteiger partial charge on any atom is 0.255 e. The van der Waals surface area contributed by atoms with Gasteiger partial charge in [0.15, 0.2) is 0 Å². The average molecular weight is 149 g/mol. The molecule has 1 rings (SSSR count). The van der Waals surface area contributed by atoms with Gasteiger partial charge in [0.05, 0.1) is 0 Å². The summed E-state index contributed by atoms with van der Waals surface area (Å²) in [7, 11) is 0. The molecule has 0 aliphatic rings. The van der Waals surface area contributed by atoms with Crippen molar-refractivity contribution in [3.8, 4) is 0 Å². The molecule has 0 saturated carbocycles. The number of aromatic amines is 1. The van der Waals surface area contributed by atoms with Crippen molar-refractivity contribution in [1.82, 2.24) is 4.98 Å². The van der Waals surface area contributed by atoms with Gasteiger partial charge >= 0.3 is 0 Å². The van der Waals surface area contributed by atoms with Crippen LogP contribution in [0.25, 0.3) is 6.08 Å². The van der Waals surface area contributed by atoms with Crippen molar-refractivity contribution in [1.29, 1.82) is 0 Å². The lowest BCUT2D eigenvalue weighted by molar-refractivity contribution is 1.22. The van der Waals surface area contributed by atoms with Gasteiger partial charge in [0.1, 0.15) is 0 Å². The summed E-state index contributed by atoms with van der Waals surface area (Å²) in [5.41, 5.74) is 1.81. The number of H-pyrrole nitrogens is 1. The molecule has 0 amide bonds. The molecule has 0 radical (unpaired) electrons. The second-order valence-corrected chi connectivity index (χ2v) is 2.68. The van der Waals surface area contributed by atoms with Gasteiger partial charge in [-0.15, -0.1) is 0 Å². The number of pyridine rings is 1. The minimum absolute atomic E-state index is 0.0336. The minimum atomic E-state index is -0.0336. The quantitative estimate of drug-likeness (QED) is 0.648. The zero-order chi connectivity index (χ0) is 8.27. The highest BCUT2D eigenvalue weighted by Gasteiger charge is 1.90. The molecule has 0 spiro atoms. The van der Waals surface area contributed by atoms with E-state index in [1.807, 2.05) is 26.0 Å². The van der Waals surface area contributed by atoms with Gasteiger partial charge in [0, 0.05) is 11.8 Å². The van der Waals surface area contributed by atoms with Crippen LogP contribution in [0.1, 0.15) is 19.4 Å². The Labute approximate surface area is 65.6 Å². The van der Waals surface area contributed by atoms with Crippen LogP contribution >= 0.6 is 0 Å². The number of hydrogen-bond acceptors (Lipinski definition) is 1. The van der Waals surface area contributed by atoms with Crippen molar-refractivity contribution in [3.63, 3.8) is 0 Å². The fraction of sp³-hybridized carbons (Fsp3) is 0.222. The van der Waals surface area contributed by atoms with Crippen LogP contribution in [0.3, 0.4) is 0 Å². The van der Waals surface area contributed by atoms with E-state index in [9.17, 15) is 4.79 Å². The average Bonchev–Trinajstić information content (AvgIpc) is 1.93. The summed E-state index contributed by atoms with van der Waals surface area (Å²) in [6, 6.07) is 3.61. The fourth-order valence-electron chi connectivity index (χ4n) is 0.859. The van der Waals surface area contributed by atoms with E-state index < -0.39 is 0 Å². The molecular weight excluding hydrogens is 138 g/mol. The first-order valence-corrected chi connectivity index (χ1v) is 3.53. The summed E-state index contributed by atoms with van der Waals surface area (Å²) in [6.07, 6.45) is 3.49. The molecule has 1 N–H and O–H groups in total. The zero-order valence-electron chi connectivity index (χ0n) is 6.72. The van der Waals surface area contributed by atoms with Crippen molar-refractivity contribution < 1.29 is 0 Å². The minimum Gasteiger partial charge on any atom is -0.329 e. The second kappa shape index (κ2) is 3.19. The van der Waals surface area contributed by atoms with Crippen LogP contribution in [-0.4, -0.2) is 4.98 Å². The number of nitrogens with one attached hydrogen (secondary N) is 1. The van der Waals surface area contributed by atoms with E-state index in [1.54, 1.807) is 12.3 Å². The molecule has 2 nitrogen and oxygen atoms in total.